The molecule has 0 rings (SSSR count). The summed E-state index contributed by atoms with van der Waals surface area (Å²) in [5.74, 6) is -1.21. The lowest BCUT2D eigenvalue weighted by Gasteiger charge is -2.13. The average Bonchev–Trinajstić information content (AvgIpc) is 2.81. The molecule has 1 atom stereocenters. The van der Waals surface area contributed by atoms with Crippen molar-refractivity contribution in [3.8, 4) is 0 Å². The third kappa shape index (κ3) is 21.0. The molecule has 0 amide bonds. The molecule has 0 aliphatic carbocycles. The van der Waals surface area contributed by atoms with Gasteiger partial charge in [0.05, 0.1) is 25.6 Å². The zero-order valence-electron chi connectivity index (χ0n) is 20.7. The molecule has 33 heavy (non-hydrogen) atoms. The van der Waals surface area contributed by atoms with E-state index in [2.05, 4.69) is 26.5 Å². The molecule has 5 heteroatoms. The van der Waals surface area contributed by atoms with Gasteiger partial charge >= 0.3 is 11.9 Å². The number of hydrogen-bond donors (Lipinski definition) is 0. The van der Waals surface area contributed by atoms with E-state index >= 15 is 0 Å². The summed E-state index contributed by atoms with van der Waals surface area (Å²) in [5, 5.41) is 0. The number of rotatable bonds is 19. The van der Waals surface area contributed by atoms with Crippen LogP contribution in [0.2, 0.25) is 0 Å². The van der Waals surface area contributed by atoms with Crippen molar-refractivity contribution in [2.45, 2.75) is 91.1 Å². The summed E-state index contributed by atoms with van der Waals surface area (Å²) >= 11 is 0. The number of carbonyl (C=O) groups excluding carboxylic acids is 2. The molecule has 0 radical (unpaired) electrons. The number of allylic oxidation sites excluding steroid dienone is 6. The smallest absolute Gasteiger partial charge is 0.340 e. The first-order chi connectivity index (χ1) is 16.2. The standard InChI is InChI=1S/C28H42O5/c1-4-7-10-13-16-19-22-31-26(28(30)33-24-21-18-15-12-9-6-3)25-27(29)32-23-20-17-14-11-8-5-2/h13-15,17-21,23-24,26H,4-12,22,25H2,1-3H3/b17-14+,18-15+,23-20+,24-21+. The van der Waals surface area contributed by atoms with Crippen LogP contribution in [0.1, 0.15) is 85.0 Å². The Labute approximate surface area is 200 Å². The summed E-state index contributed by atoms with van der Waals surface area (Å²) in [4.78, 5) is 24.5. The summed E-state index contributed by atoms with van der Waals surface area (Å²) < 4.78 is 15.7. The SMILES string of the molecule is CCCCC=C=CCOC(CC(=O)O/C=C/C=C/CCCC)C(=O)O/C=C/C=C/CCCC. The number of hydrogen-bond acceptors (Lipinski definition) is 5. The van der Waals surface area contributed by atoms with Crippen LogP contribution in [0, 0.1) is 0 Å². The molecule has 0 heterocycles. The highest BCUT2D eigenvalue weighted by molar-refractivity contribution is 5.82. The van der Waals surface area contributed by atoms with Crippen LogP contribution in [0.4, 0.5) is 0 Å². The molecule has 0 bridgehead atoms. The minimum absolute atomic E-state index is 0.145. The lowest BCUT2D eigenvalue weighted by Crippen LogP contribution is -2.28. The van der Waals surface area contributed by atoms with E-state index in [4.69, 9.17) is 14.2 Å². The van der Waals surface area contributed by atoms with Gasteiger partial charge in [-0.15, -0.1) is 5.73 Å². The second-order valence-electron chi connectivity index (χ2n) is 7.47. The largest absolute Gasteiger partial charge is 0.434 e. The third-order valence-electron chi connectivity index (χ3n) is 4.42. The number of esters is 2. The molecule has 0 N–H and O–H groups in total. The molecule has 0 aliphatic rings. The topological polar surface area (TPSA) is 61.8 Å². The number of ether oxygens (including phenoxy) is 3. The van der Waals surface area contributed by atoms with Gasteiger partial charge in [0.25, 0.3) is 0 Å². The first kappa shape index (κ1) is 30.4. The molecule has 0 saturated carbocycles. The van der Waals surface area contributed by atoms with Gasteiger partial charge in [0.2, 0.25) is 0 Å². The van der Waals surface area contributed by atoms with Crippen molar-refractivity contribution >= 4 is 11.9 Å². The summed E-state index contributed by atoms with van der Waals surface area (Å²) in [7, 11) is 0. The highest BCUT2D eigenvalue weighted by Crippen LogP contribution is 2.06. The second kappa shape index (κ2) is 24.0. The number of carbonyl (C=O) groups is 2. The van der Waals surface area contributed by atoms with E-state index in [0.29, 0.717) is 0 Å². The van der Waals surface area contributed by atoms with Crippen LogP contribution in [-0.2, 0) is 23.8 Å². The third-order valence-corrected chi connectivity index (χ3v) is 4.42. The van der Waals surface area contributed by atoms with E-state index in [-0.39, 0.29) is 13.0 Å². The first-order valence-electron chi connectivity index (χ1n) is 12.2. The van der Waals surface area contributed by atoms with Crippen LogP contribution in [0.3, 0.4) is 0 Å². The Morgan fingerprint density at radius 2 is 1.33 bits per heavy atom. The average molecular weight is 459 g/mol. The quantitative estimate of drug-likeness (QED) is 0.0669. The molecule has 1 unspecified atom stereocenters. The molecule has 0 aromatic carbocycles. The fraction of sp³-hybridized carbons (Fsp3) is 0.536. The van der Waals surface area contributed by atoms with Crippen LogP contribution in [0.15, 0.2) is 66.9 Å². The van der Waals surface area contributed by atoms with Gasteiger partial charge in [-0.05, 0) is 50.0 Å². The van der Waals surface area contributed by atoms with E-state index in [0.717, 1.165) is 57.8 Å². The van der Waals surface area contributed by atoms with Crippen molar-refractivity contribution in [2.24, 2.45) is 0 Å². The van der Waals surface area contributed by atoms with E-state index in [1.54, 1.807) is 18.2 Å². The fourth-order valence-corrected chi connectivity index (χ4v) is 2.48. The highest BCUT2D eigenvalue weighted by Gasteiger charge is 2.24. The van der Waals surface area contributed by atoms with Crippen LogP contribution >= 0.6 is 0 Å². The van der Waals surface area contributed by atoms with Gasteiger partial charge in [-0.25, -0.2) is 4.79 Å². The number of unbranched alkanes of at least 4 members (excludes halogenated alkanes) is 6. The zero-order valence-corrected chi connectivity index (χ0v) is 20.7. The Kier molecular flexibility index (Phi) is 22.1. The van der Waals surface area contributed by atoms with Crippen LogP contribution in [-0.4, -0.2) is 24.6 Å². The van der Waals surface area contributed by atoms with E-state index < -0.39 is 18.0 Å². The van der Waals surface area contributed by atoms with Gasteiger partial charge in [-0.2, -0.15) is 0 Å². The Balaban J connectivity index is 4.73. The van der Waals surface area contributed by atoms with Crippen molar-refractivity contribution in [1.29, 1.82) is 0 Å². The van der Waals surface area contributed by atoms with Crippen LogP contribution in [0.25, 0.3) is 0 Å². The van der Waals surface area contributed by atoms with Gasteiger partial charge in [-0.3, -0.25) is 4.79 Å². The van der Waals surface area contributed by atoms with Crippen molar-refractivity contribution < 1.29 is 23.8 Å². The summed E-state index contributed by atoms with van der Waals surface area (Å²) in [6.07, 6.45) is 25.5. The molecule has 0 fully saturated rings. The minimum atomic E-state index is -1.06. The monoisotopic (exact) mass is 458 g/mol. The van der Waals surface area contributed by atoms with Gasteiger partial charge in [-0.1, -0.05) is 77.2 Å². The molecule has 0 aromatic heterocycles. The van der Waals surface area contributed by atoms with Crippen molar-refractivity contribution in [1.82, 2.24) is 0 Å². The maximum Gasteiger partial charge on any atom is 0.340 e. The molecule has 0 aliphatic heterocycles. The highest BCUT2D eigenvalue weighted by atomic mass is 16.6. The second-order valence-corrected chi connectivity index (χ2v) is 7.47. The van der Waals surface area contributed by atoms with E-state index in [9.17, 15) is 9.59 Å². The summed E-state index contributed by atoms with van der Waals surface area (Å²) in [5.41, 5.74) is 3.02. The lowest BCUT2D eigenvalue weighted by atomic mass is 10.2. The minimum Gasteiger partial charge on any atom is -0.434 e. The molecule has 0 aromatic rings. The predicted molar refractivity (Wildman–Crippen MR) is 134 cm³/mol. The van der Waals surface area contributed by atoms with Crippen molar-refractivity contribution in [2.75, 3.05) is 6.61 Å². The fourth-order valence-electron chi connectivity index (χ4n) is 2.48. The Hall–Kier alpha value is -2.62. The molecule has 0 saturated heterocycles. The van der Waals surface area contributed by atoms with E-state index in [1.807, 2.05) is 30.4 Å². The van der Waals surface area contributed by atoms with Gasteiger partial charge in [0, 0.05) is 0 Å². The molecule has 184 valence electrons. The van der Waals surface area contributed by atoms with Crippen LogP contribution < -0.4 is 0 Å². The molecular weight excluding hydrogens is 416 g/mol. The Morgan fingerprint density at radius 1 is 0.758 bits per heavy atom. The maximum atomic E-state index is 12.4. The Bertz CT molecular complexity index is 678. The van der Waals surface area contributed by atoms with Gasteiger partial charge < -0.3 is 14.2 Å². The van der Waals surface area contributed by atoms with Gasteiger partial charge in [0.15, 0.2) is 6.10 Å². The van der Waals surface area contributed by atoms with E-state index in [1.165, 1.54) is 12.5 Å². The molecule has 5 nitrogen and oxygen atoms in total. The summed E-state index contributed by atoms with van der Waals surface area (Å²) in [6.45, 7) is 6.54. The molecule has 0 spiro atoms. The maximum absolute atomic E-state index is 12.4. The first-order valence-corrected chi connectivity index (χ1v) is 12.2. The van der Waals surface area contributed by atoms with Crippen molar-refractivity contribution in [3.05, 3.63) is 66.9 Å². The van der Waals surface area contributed by atoms with Crippen molar-refractivity contribution in [3.63, 3.8) is 0 Å². The summed E-state index contributed by atoms with van der Waals surface area (Å²) in [6, 6.07) is 0. The normalized spacial score (nSPS) is 12.5. The molecular formula is C28H42O5. The van der Waals surface area contributed by atoms with Gasteiger partial charge in [0.1, 0.15) is 0 Å². The van der Waals surface area contributed by atoms with Crippen LogP contribution in [0.5, 0.6) is 0 Å². The Morgan fingerprint density at radius 3 is 1.94 bits per heavy atom. The predicted octanol–water partition coefficient (Wildman–Crippen LogP) is 7.27. The zero-order chi connectivity index (χ0) is 24.4. The lowest BCUT2D eigenvalue weighted by molar-refractivity contribution is -0.157.